The van der Waals surface area contributed by atoms with Crippen molar-refractivity contribution >= 4 is 64.2 Å². The topological polar surface area (TPSA) is 17.8 Å². The van der Waals surface area contributed by atoms with Crippen molar-refractivity contribution in [2.75, 3.05) is 0 Å². The third-order valence-corrected chi connectivity index (χ3v) is 14.4. The summed E-state index contributed by atoms with van der Waals surface area (Å²) in [6.07, 6.45) is 0. The van der Waals surface area contributed by atoms with Crippen molar-refractivity contribution in [1.29, 1.82) is 0 Å². The Bertz CT molecular complexity index is 3660. The maximum absolute atomic E-state index is 5.52. The molecule has 0 saturated heterocycles. The molecule has 12 aromatic rings. The van der Waals surface area contributed by atoms with Crippen molar-refractivity contribution in [2.45, 2.75) is 5.41 Å². The molecule has 0 unspecified atom stereocenters. The summed E-state index contributed by atoms with van der Waals surface area (Å²) in [7, 11) is 0. The van der Waals surface area contributed by atoms with Gasteiger partial charge in [-0.05, 0) is 74.3 Å². The van der Waals surface area contributed by atoms with Crippen molar-refractivity contribution in [2.24, 2.45) is 0 Å². The van der Waals surface area contributed by atoms with E-state index in [1.54, 1.807) is 0 Å². The maximum Gasteiger partial charge on any atom is 0.138 e. The molecule has 0 N–H and O–H groups in total. The SMILES string of the molecule is c1ccc(-c2cccc3c2sc2c(-c4cc(-n5c6ccccc6c6ccc(C7(c8ccccc8)c8ccccc8-c8ccccc87)cc65)nc5ccccc45)cccc23)cc1. The summed E-state index contributed by atoms with van der Waals surface area (Å²) in [5, 5.41) is 6.13. The molecule has 3 aromatic heterocycles. The highest BCUT2D eigenvalue weighted by molar-refractivity contribution is 7.26. The average Bonchev–Trinajstić information content (AvgIpc) is 3.98. The van der Waals surface area contributed by atoms with Gasteiger partial charge in [-0.25, -0.2) is 4.98 Å². The Morgan fingerprint density at radius 1 is 0.361 bits per heavy atom. The van der Waals surface area contributed by atoms with Crippen LogP contribution in [0.4, 0.5) is 0 Å². The molecule has 0 bridgehead atoms. The van der Waals surface area contributed by atoms with Crippen molar-refractivity contribution in [3.05, 3.63) is 241 Å². The minimum absolute atomic E-state index is 0.513. The van der Waals surface area contributed by atoms with Gasteiger partial charge in [-0.2, -0.15) is 0 Å². The molecular weight excluding hydrogens is 757 g/mol. The largest absolute Gasteiger partial charge is 0.294 e. The van der Waals surface area contributed by atoms with Crippen molar-refractivity contribution in [1.82, 2.24) is 9.55 Å². The van der Waals surface area contributed by atoms with E-state index in [1.807, 2.05) is 11.3 Å². The zero-order valence-corrected chi connectivity index (χ0v) is 33.9. The van der Waals surface area contributed by atoms with Crippen molar-refractivity contribution < 1.29 is 0 Å². The van der Waals surface area contributed by atoms with E-state index < -0.39 is 5.41 Å². The highest BCUT2D eigenvalue weighted by atomic mass is 32.1. The Balaban J connectivity index is 1.10. The molecule has 3 heterocycles. The smallest absolute Gasteiger partial charge is 0.138 e. The zero-order valence-electron chi connectivity index (χ0n) is 33.1. The highest BCUT2D eigenvalue weighted by Crippen LogP contribution is 2.56. The first-order valence-corrected chi connectivity index (χ1v) is 21.8. The number of rotatable bonds is 5. The maximum atomic E-state index is 5.52. The fourth-order valence-corrected chi connectivity index (χ4v) is 11.9. The Morgan fingerprint density at radius 3 is 1.67 bits per heavy atom. The lowest BCUT2D eigenvalue weighted by Gasteiger charge is -2.34. The van der Waals surface area contributed by atoms with Gasteiger partial charge < -0.3 is 0 Å². The van der Waals surface area contributed by atoms with E-state index in [2.05, 4.69) is 223 Å². The predicted octanol–water partition coefficient (Wildman–Crippen LogP) is 15.4. The van der Waals surface area contributed by atoms with Gasteiger partial charge in [0, 0.05) is 41.9 Å². The first-order chi connectivity index (χ1) is 30.3. The Labute approximate surface area is 357 Å². The normalized spacial score (nSPS) is 13.0. The van der Waals surface area contributed by atoms with Crippen LogP contribution < -0.4 is 0 Å². The molecule has 2 nitrogen and oxygen atoms in total. The lowest BCUT2D eigenvalue weighted by Crippen LogP contribution is -2.28. The van der Waals surface area contributed by atoms with Gasteiger partial charge in [0.15, 0.2) is 0 Å². The molecule has 0 aliphatic heterocycles. The van der Waals surface area contributed by atoms with Gasteiger partial charge in [-0.1, -0.05) is 194 Å². The summed E-state index contributed by atoms with van der Waals surface area (Å²) < 4.78 is 5.01. The number of thiophene rings is 1. The van der Waals surface area contributed by atoms with Crippen molar-refractivity contribution in [3.8, 4) is 39.2 Å². The molecule has 0 saturated carbocycles. The van der Waals surface area contributed by atoms with Crippen LogP contribution in [0.5, 0.6) is 0 Å². The van der Waals surface area contributed by atoms with Gasteiger partial charge in [-0.15, -0.1) is 11.3 Å². The molecule has 3 heteroatoms. The monoisotopic (exact) mass is 792 g/mol. The summed E-state index contributed by atoms with van der Waals surface area (Å²) >= 11 is 1.90. The lowest BCUT2D eigenvalue weighted by atomic mass is 9.67. The van der Waals surface area contributed by atoms with Crippen molar-refractivity contribution in [3.63, 3.8) is 0 Å². The number of hydrogen-bond acceptors (Lipinski definition) is 2. The zero-order chi connectivity index (χ0) is 40.1. The van der Waals surface area contributed by atoms with E-state index in [9.17, 15) is 0 Å². The quantitative estimate of drug-likeness (QED) is 0.170. The minimum Gasteiger partial charge on any atom is -0.294 e. The fraction of sp³-hybridized carbons (Fsp3) is 0.0172. The first-order valence-electron chi connectivity index (χ1n) is 21.0. The molecular formula is C58H36N2S. The van der Waals surface area contributed by atoms with Crippen LogP contribution in [0.25, 0.3) is 92.1 Å². The highest BCUT2D eigenvalue weighted by Gasteiger charge is 2.46. The van der Waals surface area contributed by atoms with Gasteiger partial charge in [0.2, 0.25) is 0 Å². The molecule has 0 spiro atoms. The summed E-state index contributed by atoms with van der Waals surface area (Å²) in [4.78, 5) is 5.52. The molecule has 0 fully saturated rings. The van der Waals surface area contributed by atoms with Gasteiger partial charge in [0.05, 0.1) is 22.0 Å². The number of pyridine rings is 1. The number of benzene rings is 9. The van der Waals surface area contributed by atoms with Gasteiger partial charge >= 0.3 is 0 Å². The van der Waals surface area contributed by atoms with Gasteiger partial charge in [0.1, 0.15) is 5.82 Å². The molecule has 9 aromatic carbocycles. The second-order valence-corrected chi connectivity index (χ2v) is 17.2. The number of nitrogens with zero attached hydrogens (tertiary/aromatic N) is 2. The lowest BCUT2D eigenvalue weighted by molar-refractivity contribution is 0.769. The molecule has 284 valence electrons. The number of aromatic nitrogens is 2. The van der Waals surface area contributed by atoms with Crippen LogP contribution in [-0.4, -0.2) is 9.55 Å². The molecule has 0 atom stereocenters. The van der Waals surface area contributed by atoms with Crippen LogP contribution in [0.2, 0.25) is 0 Å². The first kappa shape index (κ1) is 34.3. The summed E-state index contributed by atoms with van der Waals surface area (Å²) in [5.74, 6) is 0.904. The molecule has 61 heavy (non-hydrogen) atoms. The summed E-state index contributed by atoms with van der Waals surface area (Å²) in [5.41, 5.74) is 15.3. The van der Waals surface area contributed by atoms with E-state index in [0.29, 0.717) is 0 Å². The van der Waals surface area contributed by atoms with E-state index in [1.165, 1.54) is 86.6 Å². The van der Waals surface area contributed by atoms with Crippen LogP contribution in [-0.2, 0) is 5.41 Å². The molecule has 1 aliphatic rings. The van der Waals surface area contributed by atoms with Crippen LogP contribution >= 0.6 is 11.3 Å². The number of fused-ring (bicyclic) bond motifs is 10. The number of hydrogen-bond donors (Lipinski definition) is 0. The summed E-state index contributed by atoms with van der Waals surface area (Å²) in [6.45, 7) is 0. The third-order valence-electron chi connectivity index (χ3n) is 13.1. The standard InChI is InChI=1S/C58H36N2S/c1-3-17-37(18-4-1)40-25-15-26-46-47-27-16-28-48(57(47)61-56(40)46)49-36-55(59-52-31-13-9-23-43(49)52)60-53-32-14-10-24-44(53)45-34-33-39(35-54(45)60)58(38-19-5-2-6-20-38)50-29-11-7-21-41(50)42-22-8-12-30-51(42)58/h1-36H. The molecule has 0 radical (unpaired) electrons. The van der Waals surface area contributed by atoms with Gasteiger partial charge in [0.25, 0.3) is 0 Å². The van der Waals surface area contributed by atoms with E-state index in [-0.39, 0.29) is 0 Å². The van der Waals surface area contributed by atoms with Crippen LogP contribution in [0.15, 0.2) is 218 Å². The predicted molar refractivity (Wildman–Crippen MR) is 257 cm³/mol. The van der Waals surface area contributed by atoms with Crippen LogP contribution in [0, 0.1) is 0 Å². The van der Waals surface area contributed by atoms with E-state index >= 15 is 0 Å². The Morgan fingerprint density at radius 2 is 0.918 bits per heavy atom. The fourth-order valence-electron chi connectivity index (χ4n) is 10.5. The Hall–Kier alpha value is -7.59. The molecule has 13 rings (SSSR count). The van der Waals surface area contributed by atoms with E-state index in [4.69, 9.17) is 4.98 Å². The molecule has 1 aliphatic carbocycles. The van der Waals surface area contributed by atoms with Gasteiger partial charge in [-0.3, -0.25) is 4.57 Å². The molecule has 0 amide bonds. The van der Waals surface area contributed by atoms with E-state index in [0.717, 1.165) is 27.8 Å². The minimum atomic E-state index is -0.513. The third kappa shape index (κ3) is 4.87. The number of para-hydroxylation sites is 2. The Kier molecular flexibility index (Phi) is 7.42. The average molecular weight is 793 g/mol. The summed E-state index contributed by atoms with van der Waals surface area (Å²) in [6, 6.07) is 80.3. The van der Waals surface area contributed by atoms with Crippen LogP contribution in [0.3, 0.4) is 0 Å². The second kappa shape index (κ2) is 13.2. The second-order valence-electron chi connectivity index (χ2n) is 16.2. The van der Waals surface area contributed by atoms with Crippen LogP contribution in [0.1, 0.15) is 22.3 Å².